The minimum absolute atomic E-state index is 0.248. The number of aliphatic imine (C=N–C) groups is 1. The van der Waals surface area contributed by atoms with Crippen LogP contribution in [0.25, 0.3) is 0 Å². The van der Waals surface area contributed by atoms with Crippen molar-refractivity contribution in [1.29, 1.82) is 5.41 Å². The Hall–Kier alpha value is -0.590. The summed E-state index contributed by atoms with van der Waals surface area (Å²) >= 11 is -1.69. The van der Waals surface area contributed by atoms with Crippen LogP contribution in [0.1, 0.15) is 12.8 Å². The minimum Gasteiger partial charge on any atom is -0.313 e. The molecule has 5 nitrogen and oxygen atoms in total. The van der Waals surface area contributed by atoms with Crippen LogP contribution < -0.4 is 0 Å². The van der Waals surface area contributed by atoms with Gasteiger partial charge in [-0.1, -0.05) is 0 Å². The normalized spacial score (nSPS) is 13.3. The Bertz CT molecular complexity index is 185. The van der Waals surface area contributed by atoms with Crippen molar-refractivity contribution in [3.05, 3.63) is 0 Å². The quantitative estimate of drug-likeness (QED) is 0.470. The molecule has 0 fully saturated rings. The van der Waals surface area contributed by atoms with Crippen LogP contribution >= 0.6 is 0 Å². The second-order valence-electron chi connectivity index (χ2n) is 2.07. The molecule has 0 aromatic carbocycles. The fraction of sp³-hybridized carbons (Fsp3) is 0.714. The fourth-order valence-electron chi connectivity index (χ4n) is 0.507. The third kappa shape index (κ3) is 9.32. The molecule has 1 unspecified atom stereocenters. The average molecular weight is 206 g/mol. The lowest BCUT2D eigenvalue weighted by Gasteiger charge is -2.00. The third-order valence-electron chi connectivity index (χ3n) is 1.05. The Balaban J connectivity index is 3.24. The van der Waals surface area contributed by atoms with Gasteiger partial charge in [-0.2, -0.15) is 4.21 Å². The summed E-state index contributed by atoms with van der Waals surface area (Å²) in [6, 6.07) is 0. The molecule has 0 bridgehead atoms. The van der Waals surface area contributed by atoms with Crippen molar-refractivity contribution < 1.29 is 12.6 Å². The summed E-state index contributed by atoms with van der Waals surface area (Å²) in [5.41, 5.74) is 0. The molecule has 0 aliphatic carbocycles. The maximum absolute atomic E-state index is 10.8. The Morgan fingerprint density at radius 1 is 1.38 bits per heavy atom. The van der Waals surface area contributed by atoms with Gasteiger partial charge >= 0.3 is 11.4 Å². The van der Waals surface area contributed by atoms with Crippen molar-refractivity contribution in [3.63, 3.8) is 0 Å². The van der Waals surface area contributed by atoms with Crippen molar-refractivity contribution >= 4 is 23.8 Å². The van der Waals surface area contributed by atoms with Gasteiger partial charge < -0.3 is 10.4 Å². The van der Waals surface area contributed by atoms with Crippen molar-refractivity contribution in [2.75, 3.05) is 20.3 Å². The molecule has 0 heterocycles. The van der Waals surface area contributed by atoms with E-state index in [1.807, 2.05) is 0 Å². The van der Waals surface area contributed by atoms with Gasteiger partial charge in [0, 0.05) is 26.1 Å². The second kappa shape index (κ2) is 9.50. The molecule has 0 radical (unpaired) electrons. The first-order valence-corrected chi connectivity index (χ1v) is 4.89. The number of hydrogen-bond donors (Lipinski definition) is 1. The largest absolute Gasteiger partial charge is 0.313 e. The van der Waals surface area contributed by atoms with E-state index < -0.39 is 11.4 Å². The van der Waals surface area contributed by atoms with Crippen LogP contribution in [-0.2, 0) is 19.7 Å². The van der Waals surface area contributed by atoms with E-state index in [4.69, 9.17) is 13.8 Å². The maximum atomic E-state index is 10.8. The topological polar surface area (TPSA) is 71.7 Å². The van der Waals surface area contributed by atoms with Crippen LogP contribution in [0.15, 0.2) is 4.99 Å². The zero-order valence-corrected chi connectivity index (χ0v) is 8.38. The highest BCUT2D eigenvalue weighted by atomic mass is 32.2. The molecule has 0 amide bonds. The minimum atomic E-state index is -1.69. The zero-order valence-electron chi connectivity index (χ0n) is 7.56. The highest BCUT2D eigenvalue weighted by molar-refractivity contribution is 7.75. The highest BCUT2D eigenvalue weighted by Gasteiger charge is 1.98. The van der Waals surface area contributed by atoms with Gasteiger partial charge in [0.15, 0.2) is 0 Å². The molecule has 0 saturated heterocycles. The SMILES string of the molecule is C/N=C/CCOS(=O)OCCC=N. The van der Waals surface area contributed by atoms with Crippen LogP contribution in [0.4, 0.5) is 0 Å². The van der Waals surface area contributed by atoms with E-state index in [1.54, 1.807) is 13.3 Å². The molecular weight excluding hydrogens is 192 g/mol. The fourth-order valence-corrected chi connectivity index (χ4v) is 1.04. The molecule has 6 heteroatoms. The molecule has 0 aromatic rings. The van der Waals surface area contributed by atoms with Crippen LogP contribution in [0, 0.1) is 5.41 Å². The lowest BCUT2D eigenvalue weighted by atomic mass is 10.5. The van der Waals surface area contributed by atoms with Crippen LogP contribution in [-0.4, -0.2) is 36.9 Å². The van der Waals surface area contributed by atoms with Gasteiger partial charge in [-0.15, -0.1) is 0 Å². The van der Waals surface area contributed by atoms with Gasteiger partial charge in [-0.05, 0) is 6.21 Å². The van der Waals surface area contributed by atoms with Crippen LogP contribution in [0.5, 0.6) is 0 Å². The van der Waals surface area contributed by atoms with Crippen LogP contribution in [0.2, 0.25) is 0 Å². The molecule has 0 aromatic heterocycles. The van der Waals surface area contributed by atoms with Crippen molar-refractivity contribution in [2.24, 2.45) is 4.99 Å². The first-order chi connectivity index (χ1) is 6.31. The second-order valence-corrected chi connectivity index (χ2v) is 2.95. The standard InChI is InChI=1S/C7H14N2O3S/c1-9-5-3-7-12-13(10)11-6-2-4-8/h4-5,8H,2-3,6-7H2,1H3/b8-4?,9-5+. The summed E-state index contributed by atoms with van der Waals surface area (Å²) in [5, 5.41) is 6.68. The van der Waals surface area contributed by atoms with E-state index in [0.29, 0.717) is 19.4 Å². The number of rotatable bonds is 8. The molecule has 1 N–H and O–H groups in total. The Morgan fingerprint density at radius 2 is 2.00 bits per heavy atom. The van der Waals surface area contributed by atoms with Gasteiger partial charge in [-0.25, -0.2) is 0 Å². The van der Waals surface area contributed by atoms with Gasteiger partial charge in [-0.3, -0.25) is 8.37 Å². The summed E-state index contributed by atoms with van der Waals surface area (Å²) < 4.78 is 20.3. The monoisotopic (exact) mass is 206 g/mol. The Kier molecular flexibility index (Phi) is 9.07. The van der Waals surface area contributed by atoms with Gasteiger partial charge in [0.25, 0.3) is 0 Å². The van der Waals surface area contributed by atoms with E-state index in [1.165, 1.54) is 6.21 Å². The third-order valence-corrected chi connectivity index (χ3v) is 1.77. The Labute approximate surface area is 80.5 Å². The summed E-state index contributed by atoms with van der Waals surface area (Å²) in [6.07, 6.45) is 3.94. The predicted octanol–water partition coefficient (Wildman–Crippen LogP) is 0.729. The molecule has 0 aliphatic rings. The first kappa shape index (κ1) is 12.4. The number of hydrogen-bond acceptors (Lipinski definition) is 5. The van der Waals surface area contributed by atoms with Crippen molar-refractivity contribution in [2.45, 2.75) is 12.8 Å². The van der Waals surface area contributed by atoms with Gasteiger partial charge in [0.1, 0.15) is 0 Å². The molecule has 1 atom stereocenters. The highest BCUT2D eigenvalue weighted by Crippen LogP contribution is 1.91. The Morgan fingerprint density at radius 3 is 2.54 bits per heavy atom. The maximum Gasteiger partial charge on any atom is 0.304 e. The summed E-state index contributed by atoms with van der Waals surface area (Å²) in [7, 11) is 1.66. The first-order valence-electron chi connectivity index (χ1n) is 3.89. The lowest BCUT2D eigenvalue weighted by molar-refractivity contribution is 0.260. The van der Waals surface area contributed by atoms with E-state index in [9.17, 15) is 4.21 Å². The van der Waals surface area contributed by atoms with E-state index in [2.05, 4.69) is 4.99 Å². The molecule has 0 saturated carbocycles. The average Bonchev–Trinajstić information content (AvgIpc) is 2.13. The zero-order chi connectivity index (χ0) is 9.94. The smallest absolute Gasteiger partial charge is 0.304 e. The molecule has 0 aliphatic heterocycles. The van der Waals surface area contributed by atoms with E-state index in [-0.39, 0.29) is 6.61 Å². The molecule has 76 valence electrons. The molecular formula is C7H14N2O3S. The summed E-state index contributed by atoms with van der Waals surface area (Å²) in [6.45, 7) is 0.576. The van der Waals surface area contributed by atoms with Crippen molar-refractivity contribution in [1.82, 2.24) is 0 Å². The molecule has 13 heavy (non-hydrogen) atoms. The summed E-state index contributed by atoms with van der Waals surface area (Å²) in [5.74, 6) is 0. The molecule has 0 rings (SSSR count). The van der Waals surface area contributed by atoms with Gasteiger partial charge in [0.05, 0.1) is 13.2 Å². The molecule has 0 spiro atoms. The number of nitrogens with one attached hydrogen (secondary N) is 1. The summed E-state index contributed by atoms with van der Waals surface area (Å²) in [4.78, 5) is 3.73. The van der Waals surface area contributed by atoms with Gasteiger partial charge in [0.2, 0.25) is 0 Å². The lowest BCUT2D eigenvalue weighted by Crippen LogP contribution is -2.05. The van der Waals surface area contributed by atoms with Crippen LogP contribution in [0.3, 0.4) is 0 Å². The van der Waals surface area contributed by atoms with E-state index >= 15 is 0 Å². The number of nitrogens with zero attached hydrogens (tertiary/aromatic N) is 1. The van der Waals surface area contributed by atoms with Crippen molar-refractivity contribution in [3.8, 4) is 0 Å². The van der Waals surface area contributed by atoms with E-state index in [0.717, 1.165) is 0 Å². The predicted molar refractivity (Wildman–Crippen MR) is 52.5 cm³/mol.